The summed E-state index contributed by atoms with van der Waals surface area (Å²) in [5.41, 5.74) is 4.27. The Bertz CT molecular complexity index is 1090. The molecule has 0 heterocycles. The second kappa shape index (κ2) is 15.1. The van der Waals surface area contributed by atoms with Crippen molar-refractivity contribution in [3.8, 4) is 11.5 Å². The fraction of sp³-hybridized carbons (Fsp3) is 0.424. The van der Waals surface area contributed by atoms with E-state index < -0.39 is 5.97 Å². The maximum atomic E-state index is 12.4. The molecule has 0 aliphatic heterocycles. The van der Waals surface area contributed by atoms with Crippen molar-refractivity contribution in [1.82, 2.24) is 0 Å². The lowest BCUT2D eigenvalue weighted by molar-refractivity contribution is 0.0695. The molecule has 0 spiro atoms. The number of carbonyl (C=O) groups is 1. The van der Waals surface area contributed by atoms with Crippen LogP contribution in [0.25, 0.3) is 0 Å². The van der Waals surface area contributed by atoms with Crippen LogP contribution < -0.4 is 9.47 Å². The molecule has 4 heteroatoms. The number of carboxylic acids is 1. The maximum absolute atomic E-state index is 12.4. The number of rotatable bonds is 16. The summed E-state index contributed by atoms with van der Waals surface area (Å²) in [7, 11) is 0. The third-order valence-corrected chi connectivity index (χ3v) is 6.72. The quantitative estimate of drug-likeness (QED) is 0.157. The number of aryl methyl sites for hydroxylation is 1. The van der Waals surface area contributed by atoms with Crippen LogP contribution in [-0.4, -0.2) is 24.3 Å². The Balaban J connectivity index is 1.87. The molecule has 0 radical (unpaired) electrons. The minimum absolute atomic E-state index is 0.219. The van der Waals surface area contributed by atoms with E-state index in [1.807, 2.05) is 24.3 Å². The van der Waals surface area contributed by atoms with Gasteiger partial charge in [-0.3, -0.25) is 0 Å². The third-order valence-electron chi connectivity index (χ3n) is 6.72. The first-order valence-electron chi connectivity index (χ1n) is 13.8. The summed E-state index contributed by atoms with van der Waals surface area (Å²) in [6.45, 7) is 7.75. The van der Waals surface area contributed by atoms with E-state index in [4.69, 9.17) is 9.47 Å². The zero-order valence-electron chi connectivity index (χ0n) is 22.7. The molecule has 3 aromatic carbocycles. The van der Waals surface area contributed by atoms with Crippen LogP contribution in [0.1, 0.15) is 104 Å². The van der Waals surface area contributed by atoms with Crippen LogP contribution in [0.2, 0.25) is 0 Å². The highest BCUT2D eigenvalue weighted by Gasteiger charge is 2.23. The molecule has 4 nitrogen and oxygen atoms in total. The zero-order chi connectivity index (χ0) is 26.5. The lowest BCUT2D eigenvalue weighted by Crippen LogP contribution is -2.11. The van der Waals surface area contributed by atoms with Crippen LogP contribution in [0.3, 0.4) is 0 Å². The molecule has 37 heavy (non-hydrogen) atoms. The van der Waals surface area contributed by atoms with Gasteiger partial charge in [-0.25, -0.2) is 4.79 Å². The number of unbranched alkanes of at least 4 members (excludes halogenated alkanes) is 6. The summed E-state index contributed by atoms with van der Waals surface area (Å²) in [6, 6.07) is 21.9. The average Bonchev–Trinajstić information content (AvgIpc) is 2.91. The average molecular weight is 503 g/mol. The number of ether oxygens (including phenoxy) is 2. The maximum Gasteiger partial charge on any atom is 0.336 e. The van der Waals surface area contributed by atoms with E-state index in [2.05, 4.69) is 57.2 Å². The molecule has 0 fully saturated rings. The van der Waals surface area contributed by atoms with E-state index in [0.29, 0.717) is 19.0 Å². The molecule has 1 N–H and O–H groups in total. The molecule has 0 bridgehead atoms. The summed E-state index contributed by atoms with van der Waals surface area (Å²) in [5, 5.41) is 10.1. The topological polar surface area (TPSA) is 55.8 Å². The molecule has 3 rings (SSSR count). The van der Waals surface area contributed by atoms with Gasteiger partial charge in [-0.2, -0.15) is 0 Å². The van der Waals surface area contributed by atoms with E-state index in [0.717, 1.165) is 41.7 Å². The lowest BCUT2D eigenvalue weighted by Gasteiger charge is -2.22. The van der Waals surface area contributed by atoms with Gasteiger partial charge >= 0.3 is 5.97 Å². The zero-order valence-corrected chi connectivity index (χ0v) is 22.7. The van der Waals surface area contributed by atoms with Crippen molar-refractivity contribution in [3.63, 3.8) is 0 Å². The van der Waals surface area contributed by atoms with Crippen LogP contribution >= 0.6 is 0 Å². The Morgan fingerprint density at radius 2 is 1.22 bits per heavy atom. The standard InChI is InChI=1S/C33H42O4/c1-4-6-8-10-22-36-28-18-16-27(17-19-28)32(26-14-12-25(3)13-15-26)30-21-20-29(24-31(30)33(34)35)37-23-11-9-7-5-2/h12-21,24,32H,4-11,22-23H2,1-3H3,(H,34,35). The number of hydrogen-bond acceptors (Lipinski definition) is 3. The van der Waals surface area contributed by atoms with Gasteiger partial charge in [0.2, 0.25) is 0 Å². The first kappa shape index (κ1) is 28.3. The van der Waals surface area contributed by atoms with Crippen molar-refractivity contribution in [2.24, 2.45) is 0 Å². The van der Waals surface area contributed by atoms with Crippen molar-refractivity contribution in [2.45, 2.75) is 78.1 Å². The number of carboxylic acid groups (broad SMARTS) is 1. The number of aromatic carboxylic acids is 1. The van der Waals surface area contributed by atoms with Crippen molar-refractivity contribution in [2.75, 3.05) is 13.2 Å². The van der Waals surface area contributed by atoms with Gasteiger partial charge < -0.3 is 14.6 Å². The molecule has 3 aromatic rings. The summed E-state index contributed by atoms with van der Waals surface area (Å²) < 4.78 is 11.8. The molecule has 0 aliphatic rings. The minimum Gasteiger partial charge on any atom is -0.494 e. The summed E-state index contributed by atoms with van der Waals surface area (Å²) in [6.07, 6.45) is 9.12. The lowest BCUT2D eigenvalue weighted by atomic mass is 9.82. The highest BCUT2D eigenvalue weighted by atomic mass is 16.5. The van der Waals surface area contributed by atoms with Crippen LogP contribution in [0.15, 0.2) is 66.7 Å². The predicted octanol–water partition coefficient (Wildman–Crippen LogP) is 8.79. The molecular weight excluding hydrogens is 460 g/mol. The van der Waals surface area contributed by atoms with Crippen molar-refractivity contribution in [3.05, 3.63) is 94.5 Å². The monoisotopic (exact) mass is 502 g/mol. The number of hydrogen-bond donors (Lipinski definition) is 1. The van der Waals surface area contributed by atoms with Crippen molar-refractivity contribution in [1.29, 1.82) is 0 Å². The van der Waals surface area contributed by atoms with E-state index >= 15 is 0 Å². The highest BCUT2D eigenvalue weighted by Crippen LogP contribution is 2.36. The molecule has 0 amide bonds. The molecule has 0 saturated heterocycles. The molecule has 1 unspecified atom stereocenters. The molecule has 0 aliphatic carbocycles. The van der Waals surface area contributed by atoms with Crippen molar-refractivity contribution < 1.29 is 19.4 Å². The van der Waals surface area contributed by atoms with Crippen LogP contribution in [0.5, 0.6) is 11.5 Å². The predicted molar refractivity (Wildman–Crippen MR) is 151 cm³/mol. The van der Waals surface area contributed by atoms with Crippen molar-refractivity contribution >= 4 is 5.97 Å². The van der Waals surface area contributed by atoms with Gasteiger partial charge in [0.05, 0.1) is 18.8 Å². The Labute approximate surface area is 222 Å². The van der Waals surface area contributed by atoms with Crippen LogP contribution in [0.4, 0.5) is 0 Å². The van der Waals surface area contributed by atoms with Gasteiger partial charge in [0.25, 0.3) is 0 Å². The first-order valence-corrected chi connectivity index (χ1v) is 13.8. The molecule has 0 aromatic heterocycles. The summed E-state index contributed by atoms with van der Waals surface area (Å²) >= 11 is 0. The SMILES string of the molecule is CCCCCCOc1ccc(C(c2ccc(C)cc2)c2ccc(OCCCCCC)cc2C(=O)O)cc1. The van der Waals surface area contributed by atoms with Crippen LogP contribution in [0, 0.1) is 6.92 Å². The highest BCUT2D eigenvalue weighted by molar-refractivity contribution is 5.90. The van der Waals surface area contributed by atoms with Gasteiger partial charge in [-0.05, 0) is 60.7 Å². The fourth-order valence-electron chi connectivity index (χ4n) is 4.57. The Morgan fingerprint density at radius 1 is 0.703 bits per heavy atom. The first-order chi connectivity index (χ1) is 18.0. The smallest absolute Gasteiger partial charge is 0.336 e. The second-order valence-corrected chi connectivity index (χ2v) is 9.79. The molecular formula is C33H42O4. The molecule has 1 atom stereocenters. The van der Waals surface area contributed by atoms with Gasteiger partial charge in [0, 0.05) is 5.92 Å². The number of benzene rings is 3. The van der Waals surface area contributed by atoms with Crippen LogP contribution in [-0.2, 0) is 0 Å². The normalized spacial score (nSPS) is 11.8. The summed E-state index contributed by atoms with van der Waals surface area (Å²) in [5.74, 6) is 0.278. The van der Waals surface area contributed by atoms with Gasteiger partial charge in [-0.1, -0.05) is 100 Å². The Morgan fingerprint density at radius 3 is 1.76 bits per heavy atom. The Hall–Kier alpha value is -3.27. The minimum atomic E-state index is -0.949. The van der Waals surface area contributed by atoms with E-state index in [1.165, 1.54) is 37.7 Å². The largest absolute Gasteiger partial charge is 0.494 e. The van der Waals surface area contributed by atoms with E-state index in [9.17, 15) is 9.90 Å². The van der Waals surface area contributed by atoms with Gasteiger partial charge in [0.1, 0.15) is 11.5 Å². The second-order valence-electron chi connectivity index (χ2n) is 9.79. The third kappa shape index (κ3) is 8.66. The van der Waals surface area contributed by atoms with Gasteiger partial charge in [0.15, 0.2) is 0 Å². The Kier molecular flexibility index (Phi) is 11.5. The fourth-order valence-corrected chi connectivity index (χ4v) is 4.57. The molecule has 0 saturated carbocycles. The van der Waals surface area contributed by atoms with E-state index in [-0.39, 0.29) is 11.5 Å². The molecule has 198 valence electrons. The van der Waals surface area contributed by atoms with Gasteiger partial charge in [-0.15, -0.1) is 0 Å². The summed E-state index contributed by atoms with van der Waals surface area (Å²) in [4.78, 5) is 12.4. The van der Waals surface area contributed by atoms with E-state index in [1.54, 1.807) is 6.07 Å².